The topological polar surface area (TPSA) is 3.24 Å². The minimum Gasteiger partial charge on any atom is -0.310 e. The summed E-state index contributed by atoms with van der Waals surface area (Å²) in [5.74, 6) is 0. The van der Waals surface area contributed by atoms with Gasteiger partial charge in [-0.15, -0.1) is 11.3 Å². The zero-order valence-corrected chi connectivity index (χ0v) is 23.8. The first-order valence-electron chi connectivity index (χ1n) is 14.3. The molecular weight excluding hydrogens is 527 g/mol. The molecule has 0 saturated carbocycles. The minimum absolute atomic E-state index is 1.13. The highest BCUT2D eigenvalue weighted by atomic mass is 32.1. The number of hydrogen-bond acceptors (Lipinski definition) is 2. The summed E-state index contributed by atoms with van der Waals surface area (Å²) in [5.41, 5.74) is 8.32. The van der Waals surface area contributed by atoms with Crippen molar-refractivity contribution in [2.75, 3.05) is 4.90 Å². The van der Waals surface area contributed by atoms with Crippen LogP contribution in [0.25, 0.3) is 53.2 Å². The van der Waals surface area contributed by atoms with Crippen molar-refractivity contribution in [3.63, 3.8) is 0 Å². The molecule has 0 atom stereocenters. The van der Waals surface area contributed by atoms with E-state index in [9.17, 15) is 0 Å². The van der Waals surface area contributed by atoms with Crippen molar-refractivity contribution in [3.05, 3.63) is 164 Å². The smallest absolute Gasteiger partial charge is 0.0468 e. The first-order valence-corrected chi connectivity index (χ1v) is 15.1. The number of thiophene rings is 1. The lowest BCUT2D eigenvalue weighted by Crippen LogP contribution is -2.10. The lowest BCUT2D eigenvalue weighted by atomic mass is 10.0. The van der Waals surface area contributed by atoms with Crippen molar-refractivity contribution in [1.82, 2.24) is 0 Å². The van der Waals surface area contributed by atoms with Gasteiger partial charge in [0.25, 0.3) is 0 Å². The Morgan fingerprint density at radius 1 is 0.381 bits per heavy atom. The fourth-order valence-corrected chi connectivity index (χ4v) is 7.22. The Morgan fingerprint density at radius 2 is 1.02 bits per heavy atom. The van der Waals surface area contributed by atoms with Gasteiger partial charge in [0.2, 0.25) is 0 Å². The second kappa shape index (κ2) is 10.3. The second-order valence-electron chi connectivity index (χ2n) is 10.6. The minimum atomic E-state index is 1.13. The third kappa shape index (κ3) is 4.34. The molecule has 42 heavy (non-hydrogen) atoms. The molecule has 1 aromatic heterocycles. The van der Waals surface area contributed by atoms with Crippen LogP contribution in [-0.2, 0) is 0 Å². The average Bonchev–Trinajstić information content (AvgIpc) is 3.45. The molecule has 0 bridgehead atoms. The van der Waals surface area contributed by atoms with E-state index in [-0.39, 0.29) is 0 Å². The molecule has 8 aromatic rings. The third-order valence-electron chi connectivity index (χ3n) is 8.04. The summed E-state index contributed by atoms with van der Waals surface area (Å²) in [6.45, 7) is 0. The summed E-state index contributed by atoms with van der Waals surface area (Å²) in [6.07, 6.45) is 0. The Hall–Kier alpha value is -5.18. The van der Waals surface area contributed by atoms with E-state index in [1.165, 1.54) is 53.2 Å². The van der Waals surface area contributed by atoms with Crippen LogP contribution in [-0.4, -0.2) is 0 Å². The summed E-state index contributed by atoms with van der Waals surface area (Å²) in [4.78, 5) is 2.37. The number of hydrogen-bond donors (Lipinski definition) is 0. The van der Waals surface area contributed by atoms with E-state index in [1.807, 2.05) is 11.3 Å². The van der Waals surface area contributed by atoms with Crippen molar-refractivity contribution >= 4 is 59.3 Å². The first kappa shape index (κ1) is 24.6. The molecule has 1 heterocycles. The molecular formula is C40H27NS. The third-order valence-corrected chi connectivity index (χ3v) is 9.26. The van der Waals surface area contributed by atoms with E-state index in [2.05, 4.69) is 169 Å². The average molecular weight is 554 g/mol. The zero-order chi connectivity index (χ0) is 27.9. The highest BCUT2D eigenvalue weighted by molar-refractivity contribution is 7.26. The fraction of sp³-hybridized carbons (Fsp3) is 0. The molecule has 0 saturated heterocycles. The van der Waals surface area contributed by atoms with E-state index in [4.69, 9.17) is 0 Å². The van der Waals surface area contributed by atoms with Crippen LogP contribution in [0.1, 0.15) is 0 Å². The van der Waals surface area contributed by atoms with Crippen molar-refractivity contribution in [2.24, 2.45) is 0 Å². The number of nitrogens with zero attached hydrogens (tertiary/aromatic N) is 1. The standard InChI is InChI=1S/C40H27NS/c1-2-10-28(11-3-1)30-20-23-33(24-21-30)41(35-25-22-29-12-4-5-13-31(29)26-35)34-15-8-14-32(27-34)36-17-9-18-38-37-16-6-7-19-39(37)42-40(36)38/h1-27H. The van der Waals surface area contributed by atoms with Crippen LogP contribution in [0.15, 0.2) is 164 Å². The molecule has 8 rings (SSSR count). The lowest BCUT2D eigenvalue weighted by Gasteiger charge is -2.26. The molecule has 0 aliphatic heterocycles. The van der Waals surface area contributed by atoms with E-state index >= 15 is 0 Å². The molecule has 1 nitrogen and oxygen atoms in total. The number of rotatable bonds is 5. The van der Waals surface area contributed by atoms with Gasteiger partial charge in [0, 0.05) is 37.2 Å². The van der Waals surface area contributed by atoms with Crippen LogP contribution in [0, 0.1) is 0 Å². The van der Waals surface area contributed by atoms with Gasteiger partial charge in [-0.25, -0.2) is 0 Å². The van der Waals surface area contributed by atoms with Gasteiger partial charge < -0.3 is 4.90 Å². The second-order valence-corrected chi connectivity index (χ2v) is 11.7. The van der Waals surface area contributed by atoms with Gasteiger partial charge in [0.15, 0.2) is 0 Å². The molecule has 0 fully saturated rings. The Balaban J connectivity index is 1.28. The van der Waals surface area contributed by atoms with Crippen molar-refractivity contribution in [1.29, 1.82) is 0 Å². The maximum atomic E-state index is 2.37. The van der Waals surface area contributed by atoms with Crippen molar-refractivity contribution < 1.29 is 0 Å². The molecule has 7 aromatic carbocycles. The number of benzene rings is 7. The van der Waals surface area contributed by atoms with Crippen LogP contribution < -0.4 is 4.90 Å². The number of anilines is 3. The summed E-state index contributed by atoms with van der Waals surface area (Å²) in [5, 5.41) is 5.12. The monoisotopic (exact) mass is 553 g/mol. The fourth-order valence-electron chi connectivity index (χ4n) is 5.98. The summed E-state index contributed by atoms with van der Waals surface area (Å²) < 4.78 is 2.66. The van der Waals surface area contributed by atoms with Gasteiger partial charge in [-0.1, -0.05) is 121 Å². The van der Waals surface area contributed by atoms with Crippen LogP contribution in [0.5, 0.6) is 0 Å². The summed E-state index contributed by atoms with van der Waals surface area (Å²) >= 11 is 1.88. The van der Waals surface area contributed by atoms with Gasteiger partial charge in [-0.05, 0) is 75.5 Å². The van der Waals surface area contributed by atoms with Crippen LogP contribution >= 0.6 is 11.3 Å². The SMILES string of the molecule is c1ccc(-c2ccc(N(c3cccc(-c4cccc5c4sc4ccccc45)c3)c3ccc4ccccc4c3)cc2)cc1. The van der Waals surface area contributed by atoms with Crippen LogP contribution in [0.3, 0.4) is 0 Å². The van der Waals surface area contributed by atoms with E-state index in [0.717, 1.165) is 17.1 Å². The molecule has 0 aliphatic rings. The van der Waals surface area contributed by atoms with E-state index < -0.39 is 0 Å². The molecule has 0 aliphatic carbocycles. The highest BCUT2D eigenvalue weighted by Crippen LogP contribution is 2.42. The molecule has 0 N–H and O–H groups in total. The molecule has 0 unspecified atom stereocenters. The predicted octanol–water partition coefficient (Wildman–Crippen LogP) is 12.0. The Bertz CT molecular complexity index is 2190. The van der Waals surface area contributed by atoms with Gasteiger partial charge in [-0.3, -0.25) is 0 Å². The highest BCUT2D eigenvalue weighted by Gasteiger charge is 2.16. The Morgan fingerprint density at radius 3 is 1.90 bits per heavy atom. The first-order chi connectivity index (χ1) is 20.8. The summed E-state index contributed by atoms with van der Waals surface area (Å²) in [6, 6.07) is 59.2. The summed E-state index contributed by atoms with van der Waals surface area (Å²) in [7, 11) is 0. The quantitative estimate of drug-likeness (QED) is 0.205. The normalized spacial score (nSPS) is 11.3. The Kier molecular flexibility index (Phi) is 6.05. The molecule has 198 valence electrons. The van der Waals surface area contributed by atoms with Crippen LogP contribution in [0.4, 0.5) is 17.1 Å². The van der Waals surface area contributed by atoms with Crippen molar-refractivity contribution in [3.8, 4) is 22.3 Å². The lowest BCUT2D eigenvalue weighted by molar-refractivity contribution is 1.29. The molecule has 0 spiro atoms. The largest absolute Gasteiger partial charge is 0.310 e. The number of fused-ring (bicyclic) bond motifs is 4. The van der Waals surface area contributed by atoms with E-state index in [0.29, 0.717) is 0 Å². The Labute approximate surface area is 249 Å². The van der Waals surface area contributed by atoms with E-state index in [1.54, 1.807) is 0 Å². The molecule has 2 heteroatoms. The van der Waals surface area contributed by atoms with Crippen molar-refractivity contribution in [2.45, 2.75) is 0 Å². The van der Waals surface area contributed by atoms with Gasteiger partial charge >= 0.3 is 0 Å². The van der Waals surface area contributed by atoms with Crippen LogP contribution in [0.2, 0.25) is 0 Å². The van der Waals surface area contributed by atoms with Gasteiger partial charge in [0.05, 0.1) is 0 Å². The maximum absolute atomic E-state index is 2.37. The predicted molar refractivity (Wildman–Crippen MR) is 182 cm³/mol. The van der Waals surface area contributed by atoms with Gasteiger partial charge in [0.1, 0.15) is 0 Å². The molecule has 0 radical (unpaired) electrons. The molecule has 0 amide bonds. The zero-order valence-electron chi connectivity index (χ0n) is 22.9. The maximum Gasteiger partial charge on any atom is 0.0468 e. The van der Waals surface area contributed by atoms with Gasteiger partial charge in [-0.2, -0.15) is 0 Å².